The van der Waals surface area contributed by atoms with E-state index in [1.807, 2.05) is 42.5 Å². The van der Waals surface area contributed by atoms with Gasteiger partial charge in [-0.15, -0.1) is 0 Å². The molecule has 0 unspecified atom stereocenters. The van der Waals surface area contributed by atoms with E-state index in [4.69, 9.17) is 11.6 Å². The van der Waals surface area contributed by atoms with E-state index in [2.05, 4.69) is 15.3 Å². The number of amides is 1. The van der Waals surface area contributed by atoms with Gasteiger partial charge in [-0.05, 0) is 23.8 Å². The minimum Gasteiger partial charge on any atom is -0.351 e. The molecule has 0 aliphatic carbocycles. The number of hydrogen-bond acceptors (Lipinski definition) is 3. The molecular weight excluding hydrogens is 318 g/mol. The lowest BCUT2D eigenvalue weighted by Crippen LogP contribution is -2.24. The lowest BCUT2D eigenvalue weighted by Gasteiger charge is -2.04. The SMILES string of the molecule is O=C(CSc1nc2ccc(Cl)cc2[nH]1)NCc1ccccc1. The summed E-state index contributed by atoms with van der Waals surface area (Å²) in [5.74, 6) is 0.299. The molecule has 2 aromatic carbocycles. The van der Waals surface area contributed by atoms with Crippen LogP contribution >= 0.6 is 23.4 Å². The van der Waals surface area contributed by atoms with Gasteiger partial charge in [0.25, 0.3) is 0 Å². The lowest BCUT2D eigenvalue weighted by molar-refractivity contribution is -0.118. The third-order valence-corrected chi connectivity index (χ3v) is 4.20. The van der Waals surface area contributed by atoms with Gasteiger partial charge in [-0.2, -0.15) is 0 Å². The van der Waals surface area contributed by atoms with Crippen molar-refractivity contribution < 1.29 is 4.79 Å². The van der Waals surface area contributed by atoms with Crippen molar-refractivity contribution in [2.75, 3.05) is 5.75 Å². The molecule has 0 saturated heterocycles. The predicted molar refractivity (Wildman–Crippen MR) is 90.1 cm³/mol. The maximum Gasteiger partial charge on any atom is 0.230 e. The van der Waals surface area contributed by atoms with Crippen molar-refractivity contribution >= 4 is 40.3 Å². The van der Waals surface area contributed by atoms with E-state index >= 15 is 0 Å². The smallest absolute Gasteiger partial charge is 0.230 e. The van der Waals surface area contributed by atoms with E-state index < -0.39 is 0 Å². The number of thioether (sulfide) groups is 1. The number of fused-ring (bicyclic) bond motifs is 1. The molecule has 6 heteroatoms. The van der Waals surface area contributed by atoms with Gasteiger partial charge in [0, 0.05) is 11.6 Å². The molecule has 0 bridgehead atoms. The molecule has 2 N–H and O–H groups in total. The highest BCUT2D eigenvalue weighted by Crippen LogP contribution is 2.21. The number of carbonyl (C=O) groups excluding carboxylic acids is 1. The molecule has 112 valence electrons. The Hall–Kier alpha value is -1.98. The van der Waals surface area contributed by atoms with Gasteiger partial charge >= 0.3 is 0 Å². The van der Waals surface area contributed by atoms with Crippen LogP contribution in [0.15, 0.2) is 53.7 Å². The number of carbonyl (C=O) groups is 1. The molecule has 0 aliphatic rings. The van der Waals surface area contributed by atoms with Crippen molar-refractivity contribution in [1.29, 1.82) is 0 Å². The predicted octanol–water partition coefficient (Wildman–Crippen LogP) is 3.62. The summed E-state index contributed by atoms with van der Waals surface area (Å²) in [6.07, 6.45) is 0. The molecule has 0 radical (unpaired) electrons. The molecule has 1 aromatic heterocycles. The number of halogens is 1. The Balaban J connectivity index is 1.53. The lowest BCUT2D eigenvalue weighted by atomic mass is 10.2. The van der Waals surface area contributed by atoms with Gasteiger partial charge in [-0.1, -0.05) is 53.7 Å². The Kier molecular flexibility index (Phi) is 4.65. The first kappa shape index (κ1) is 14.9. The third-order valence-electron chi connectivity index (χ3n) is 3.09. The van der Waals surface area contributed by atoms with E-state index in [9.17, 15) is 4.79 Å². The fourth-order valence-corrected chi connectivity index (χ4v) is 2.90. The molecule has 3 aromatic rings. The summed E-state index contributed by atoms with van der Waals surface area (Å²) in [5, 5.41) is 4.26. The summed E-state index contributed by atoms with van der Waals surface area (Å²) in [7, 11) is 0. The fraction of sp³-hybridized carbons (Fsp3) is 0.125. The average Bonchev–Trinajstić information content (AvgIpc) is 2.94. The van der Waals surface area contributed by atoms with Crippen LogP contribution in [0.5, 0.6) is 0 Å². The summed E-state index contributed by atoms with van der Waals surface area (Å²) in [5.41, 5.74) is 2.80. The zero-order valence-corrected chi connectivity index (χ0v) is 13.2. The summed E-state index contributed by atoms with van der Waals surface area (Å²) in [6.45, 7) is 0.538. The monoisotopic (exact) mass is 331 g/mol. The molecule has 0 atom stereocenters. The number of imidazole rings is 1. The first-order valence-electron chi connectivity index (χ1n) is 6.79. The van der Waals surface area contributed by atoms with E-state index in [0.29, 0.717) is 22.5 Å². The molecule has 0 fully saturated rings. The van der Waals surface area contributed by atoms with Crippen molar-refractivity contribution in [2.45, 2.75) is 11.7 Å². The second-order valence-corrected chi connectivity index (χ2v) is 6.15. The molecule has 0 spiro atoms. The van der Waals surface area contributed by atoms with Gasteiger partial charge in [0.1, 0.15) is 0 Å². The number of benzene rings is 2. The fourth-order valence-electron chi connectivity index (χ4n) is 2.01. The Labute approximate surface area is 137 Å². The highest BCUT2D eigenvalue weighted by Gasteiger charge is 2.07. The van der Waals surface area contributed by atoms with Crippen LogP contribution < -0.4 is 5.32 Å². The number of H-pyrrole nitrogens is 1. The molecule has 22 heavy (non-hydrogen) atoms. The van der Waals surface area contributed by atoms with E-state index in [1.54, 1.807) is 6.07 Å². The second kappa shape index (κ2) is 6.85. The quantitative estimate of drug-likeness (QED) is 0.702. The van der Waals surface area contributed by atoms with Gasteiger partial charge < -0.3 is 10.3 Å². The third kappa shape index (κ3) is 3.81. The van der Waals surface area contributed by atoms with Gasteiger partial charge in [0.15, 0.2) is 5.16 Å². The Morgan fingerprint density at radius 2 is 2.05 bits per heavy atom. The summed E-state index contributed by atoms with van der Waals surface area (Å²) in [4.78, 5) is 19.4. The van der Waals surface area contributed by atoms with Gasteiger partial charge in [0.05, 0.1) is 16.8 Å². The first-order chi connectivity index (χ1) is 10.7. The van der Waals surface area contributed by atoms with Crippen LogP contribution in [-0.2, 0) is 11.3 Å². The average molecular weight is 332 g/mol. The van der Waals surface area contributed by atoms with Crippen molar-refractivity contribution in [3.05, 3.63) is 59.1 Å². The largest absolute Gasteiger partial charge is 0.351 e. The number of hydrogen-bond donors (Lipinski definition) is 2. The molecule has 0 aliphatic heterocycles. The number of nitrogens with one attached hydrogen (secondary N) is 2. The van der Waals surface area contributed by atoms with E-state index in [0.717, 1.165) is 16.6 Å². The van der Waals surface area contributed by atoms with Crippen molar-refractivity contribution in [3.63, 3.8) is 0 Å². The van der Waals surface area contributed by atoms with Gasteiger partial charge in [-0.3, -0.25) is 4.79 Å². The van der Waals surface area contributed by atoms with Crippen molar-refractivity contribution in [3.8, 4) is 0 Å². The van der Waals surface area contributed by atoms with Crippen LogP contribution in [0.1, 0.15) is 5.56 Å². The number of nitrogens with zero attached hydrogens (tertiary/aromatic N) is 1. The summed E-state index contributed by atoms with van der Waals surface area (Å²) < 4.78 is 0. The van der Waals surface area contributed by atoms with Crippen LogP contribution in [-0.4, -0.2) is 21.6 Å². The minimum absolute atomic E-state index is 0.0210. The van der Waals surface area contributed by atoms with E-state index in [1.165, 1.54) is 11.8 Å². The number of aromatic amines is 1. The molecule has 0 saturated carbocycles. The Morgan fingerprint density at radius 1 is 1.23 bits per heavy atom. The second-order valence-electron chi connectivity index (χ2n) is 4.75. The Morgan fingerprint density at radius 3 is 2.86 bits per heavy atom. The Bertz CT molecular complexity index is 788. The van der Waals surface area contributed by atoms with Gasteiger partial charge in [0.2, 0.25) is 5.91 Å². The zero-order chi connectivity index (χ0) is 15.4. The maximum atomic E-state index is 11.9. The van der Waals surface area contributed by atoms with Crippen LogP contribution in [0.25, 0.3) is 11.0 Å². The van der Waals surface area contributed by atoms with Crippen LogP contribution in [0.2, 0.25) is 5.02 Å². The molecule has 1 heterocycles. The molecule has 3 rings (SSSR count). The zero-order valence-electron chi connectivity index (χ0n) is 11.7. The van der Waals surface area contributed by atoms with Crippen LogP contribution in [0.4, 0.5) is 0 Å². The standard InChI is InChI=1S/C16H14ClN3OS/c17-12-6-7-13-14(8-12)20-16(19-13)22-10-15(21)18-9-11-4-2-1-3-5-11/h1-8H,9-10H2,(H,18,21)(H,19,20). The minimum atomic E-state index is -0.0210. The highest BCUT2D eigenvalue weighted by molar-refractivity contribution is 7.99. The molecule has 4 nitrogen and oxygen atoms in total. The van der Waals surface area contributed by atoms with Crippen LogP contribution in [0, 0.1) is 0 Å². The summed E-state index contributed by atoms with van der Waals surface area (Å²) in [6, 6.07) is 15.3. The van der Waals surface area contributed by atoms with Crippen molar-refractivity contribution in [1.82, 2.24) is 15.3 Å². The topological polar surface area (TPSA) is 57.8 Å². The number of aromatic nitrogens is 2. The number of rotatable bonds is 5. The molecule has 1 amide bonds. The van der Waals surface area contributed by atoms with E-state index in [-0.39, 0.29) is 5.91 Å². The first-order valence-corrected chi connectivity index (χ1v) is 8.16. The van der Waals surface area contributed by atoms with Crippen LogP contribution in [0.3, 0.4) is 0 Å². The molecular formula is C16H14ClN3OS. The normalized spacial score (nSPS) is 10.8. The van der Waals surface area contributed by atoms with Crippen molar-refractivity contribution in [2.24, 2.45) is 0 Å². The van der Waals surface area contributed by atoms with Gasteiger partial charge in [-0.25, -0.2) is 4.98 Å². The highest BCUT2D eigenvalue weighted by atomic mass is 35.5. The summed E-state index contributed by atoms with van der Waals surface area (Å²) >= 11 is 7.31. The maximum absolute atomic E-state index is 11.9.